The monoisotopic (exact) mass is 252 g/mol. The number of nitrogens with two attached hydrogens (primary N) is 1. The molecule has 0 aromatic heterocycles. The van der Waals surface area contributed by atoms with Gasteiger partial charge in [0.15, 0.2) is 0 Å². The SMILES string of the molecule is CCCCN(C1CC1)C1(CN)CCCC(C)C1C. The lowest BCUT2D eigenvalue weighted by Crippen LogP contribution is -2.61. The highest BCUT2D eigenvalue weighted by molar-refractivity contribution is 5.04. The zero-order chi connectivity index (χ0) is 13.2. The number of unbranched alkanes of at least 4 members (excludes halogenated alkanes) is 1. The van der Waals surface area contributed by atoms with E-state index >= 15 is 0 Å². The van der Waals surface area contributed by atoms with Crippen LogP contribution in [0.3, 0.4) is 0 Å². The van der Waals surface area contributed by atoms with Crippen LogP contribution in [0.25, 0.3) is 0 Å². The molecule has 2 saturated carbocycles. The molecule has 0 saturated heterocycles. The Morgan fingerprint density at radius 2 is 1.94 bits per heavy atom. The van der Waals surface area contributed by atoms with Crippen LogP contribution in [0.2, 0.25) is 0 Å². The Morgan fingerprint density at radius 3 is 2.50 bits per heavy atom. The minimum atomic E-state index is 0.313. The van der Waals surface area contributed by atoms with E-state index in [4.69, 9.17) is 5.73 Å². The van der Waals surface area contributed by atoms with Crippen molar-refractivity contribution in [3.05, 3.63) is 0 Å². The maximum Gasteiger partial charge on any atom is 0.0362 e. The molecule has 2 rings (SSSR count). The Morgan fingerprint density at radius 1 is 1.22 bits per heavy atom. The molecule has 0 radical (unpaired) electrons. The number of hydrogen-bond donors (Lipinski definition) is 1. The average Bonchev–Trinajstić information content (AvgIpc) is 3.19. The highest BCUT2D eigenvalue weighted by atomic mass is 15.3. The summed E-state index contributed by atoms with van der Waals surface area (Å²) in [4.78, 5) is 2.83. The predicted octanol–water partition coefficient (Wildman–Crippen LogP) is 3.40. The quantitative estimate of drug-likeness (QED) is 0.785. The van der Waals surface area contributed by atoms with Crippen molar-refractivity contribution in [2.75, 3.05) is 13.1 Å². The first-order chi connectivity index (χ1) is 8.65. The smallest absolute Gasteiger partial charge is 0.0362 e. The summed E-state index contributed by atoms with van der Waals surface area (Å²) >= 11 is 0. The number of nitrogens with zero attached hydrogens (tertiary/aromatic N) is 1. The molecule has 2 N–H and O–H groups in total. The van der Waals surface area contributed by atoms with Crippen molar-refractivity contribution >= 4 is 0 Å². The van der Waals surface area contributed by atoms with E-state index in [9.17, 15) is 0 Å². The molecule has 18 heavy (non-hydrogen) atoms. The van der Waals surface area contributed by atoms with Gasteiger partial charge in [0, 0.05) is 18.1 Å². The summed E-state index contributed by atoms with van der Waals surface area (Å²) in [6, 6.07) is 0.854. The molecule has 106 valence electrons. The molecule has 0 aliphatic heterocycles. The van der Waals surface area contributed by atoms with Gasteiger partial charge in [-0.1, -0.05) is 40.0 Å². The van der Waals surface area contributed by atoms with Crippen LogP contribution >= 0.6 is 0 Å². The standard InChI is InChI=1S/C16H32N2/c1-4-5-11-18(15-8-9-15)16(12-17)10-6-7-13(2)14(16)3/h13-15H,4-12,17H2,1-3H3. The molecule has 2 aliphatic carbocycles. The maximum atomic E-state index is 6.29. The van der Waals surface area contributed by atoms with Crippen molar-refractivity contribution in [1.82, 2.24) is 4.90 Å². The van der Waals surface area contributed by atoms with E-state index in [1.54, 1.807) is 0 Å². The summed E-state index contributed by atoms with van der Waals surface area (Å²) in [6.45, 7) is 9.32. The normalized spacial score (nSPS) is 37.2. The summed E-state index contributed by atoms with van der Waals surface area (Å²) in [5.74, 6) is 1.60. The highest BCUT2D eigenvalue weighted by Gasteiger charge is 2.48. The summed E-state index contributed by atoms with van der Waals surface area (Å²) in [5, 5.41) is 0. The Balaban J connectivity index is 2.16. The van der Waals surface area contributed by atoms with Gasteiger partial charge in [-0.2, -0.15) is 0 Å². The first-order valence-corrected chi connectivity index (χ1v) is 8.12. The van der Waals surface area contributed by atoms with Crippen molar-refractivity contribution in [2.24, 2.45) is 17.6 Å². The Bertz CT molecular complexity index is 262. The zero-order valence-corrected chi connectivity index (χ0v) is 12.6. The van der Waals surface area contributed by atoms with Crippen LogP contribution in [0.4, 0.5) is 0 Å². The van der Waals surface area contributed by atoms with Gasteiger partial charge >= 0.3 is 0 Å². The second-order valence-electron chi connectivity index (χ2n) is 6.74. The van der Waals surface area contributed by atoms with E-state index in [-0.39, 0.29) is 0 Å². The third-order valence-electron chi connectivity index (χ3n) is 5.64. The van der Waals surface area contributed by atoms with Gasteiger partial charge in [0.05, 0.1) is 0 Å². The fourth-order valence-corrected chi connectivity index (χ4v) is 4.03. The molecule has 0 amide bonds. The average molecular weight is 252 g/mol. The predicted molar refractivity (Wildman–Crippen MR) is 78.6 cm³/mol. The van der Waals surface area contributed by atoms with Gasteiger partial charge in [-0.3, -0.25) is 4.90 Å². The molecule has 0 aromatic rings. The molecule has 0 spiro atoms. The van der Waals surface area contributed by atoms with Crippen molar-refractivity contribution in [3.8, 4) is 0 Å². The van der Waals surface area contributed by atoms with E-state index in [1.165, 1.54) is 51.5 Å². The van der Waals surface area contributed by atoms with Crippen molar-refractivity contribution < 1.29 is 0 Å². The molecule has 3 unspecified atom stereocenters. The van der Waals surface area contributed by atoms with Gasteiger partial charge in [0.25, 0.3) is 0 Å². The molecule has 2 aliphatic rings. The van der Waals surface area contributed by atoms with Crippen molar-refractivity contribution in [3.63, 3.8) is 0 Å². The lowest BCUT2D eigenvalue weighted by molar-refractivity contribution is -0.0176. The Kier molecular flexibility index (Phi) is 4.71. The zero-order valence-electron chi connectivity index (χ0n) is 12.6. The maximum absolute atomic E-state index is 6.29. The topological polar surface area (TPSA) is 29.3 Å². The van der Waals surface area contributed by atoms with E-state index < -0.39 is 0 Å². The molecular weight excluding hydrogens is 220 g/mol. The van der Waals surface area contributed by atoms with Gasteiger partial charge in [0.2, 0.25) is 0 Å². The summed E-state index contributed by atoms with van der Waals surface area (Å²) in [7, 11) is 0. The van der Waals surface area contributed by atoms with Crippen LogP contribution in [0.1, 0.15) is 65.7 Å². The van der Waals surface area contributed by atoms with Crippen molar-refractivity contribution in [2.45, 2.75) is 77.3 Å². The van der Waals surface area contributed by atoms with E-state index in [1.807, 2.05) is 0 Å². The third kappa shape index (κ3) is 2.60. The molecule has 3 atom stereocenters. The molecule has 2 fully saturated rings. The molecule has 0 bridgehead atoms. The van der Waals surface area contributed by atoms with Crippen LogP contribution in [-0.2, 0) is 0 Å². The molecular formula is C16H32N2. The highest BCUT2D eigenvalue weighted by Crippen LogP contribution is 2.45. The largest absolute Gasteiger partial charge is 0.329 e. The van der Waals surface area contributed by atoms with Gasteiger partial charge in [-0.25, -0.2) is 0 Å². The molecule has 0 heterocycles. The fourth-order valence-electron chi connectivity index (χ4n) is 4.03. The van der Waals surface area contributed by atoms with Gasteiger partial charge in [-0.05, 0) is 44.1 Å². The first-order valence-electron chi connectivity index (χ1n) is 8.12. The Labute approximate surface area is 113 Å². The van der Waals surface area contributed by atoms with E-state index in [0.29, 0.717) is 5.54 Å². The third-order valence-corrected chi connectivity index (χ3v) is 5.64. The second kappa shape index (κ2) is 5.92. The van der Waals surface area contributed by atoms with Gasteiger partial charge in [0.1, 0.15) is 0 Å². The van der Waals surface area contributed by atoms with Crippen LogP contribution < -0.4 is 5.73 Å². The van der Waals surface area contributed by atoms with E-state index in [0.717, 1.165) is 24.4 Å². The summed E-state index contributed by atoms with van der Waals surface area (Å²) < 4.78 is 0. The lowest BCUT2D eigenvalue weighted by Gasteiger charge is -2.53. The molecule has 2 heteroatoms. The second-order valence-corrected chi connectivity index (χ2v) is 6.74. The van der Waals surface area contributed by atoms with E-state index in [2.05, 4.69) is 25.7 Å². The van der Waals surface area contributed by atoms with Crippen LogP contribution in [0.15, 0.2) is 0 Å². The minimum absolute atomic E-state index is 0.313. The molecule has 2 nitrogen and oxygen atoms in total. The summed E-state index contributed by atoms with van der Waals surface area (Å²) in [5.41, 5.74) is 6.60. The molecule has 0 aromatic carbocycles. The van der Waals surface area contributed by atoms with Gasteiger partial charge in [-0.15, -0.1) is 0 Å². The number of hydrogen-bond acceptors (Lipinski definition) is 2. The van der Waals surface area contributed by atoms with Gasteiger partial charge < -0.3 is 5.73 Å². The van der Waals surface area contributed by atoms with Crippen molar-refractivity contribution in [1.29, 1.82) is 0 Å². The fraction of sp³-hybridized carbons (Fsp3) is 1.00. The Hall–Kier alpha value is -0.0800. The van der Waals surface area contributed by atoms with Crippen LogP contribution in [0, 0.1) is 11.8 Å². The van der Waals surface area contributed by atoms with Crippen LogP contribution in [0.5, 0.6) is 0 Å². The van der Waals surface area contributed by atoms with Crippen LogP contribution in [-0.4, -0.2) is 29.6 Å². The minimum Gasteiger partial charge on any atom is -0.329 e. The summed E-state index contributed by atoms with van der Waals surface area (Å²) in [6.07, 6.45) is 9.55. The lowest BCUT2D eigenvalue weighted by atomic mass is 9.67. The first kappa shape index (κ1) is 14.3. The number of rotatable bonds is 6.